The normalized spacial score (nSPS) is 15.3. The third-order valence-corrected chi connectivity index (χ3v) is 4.72. The van der Waals surface area contributed by atoms with Crippen LogP contribution in [0, 0.1) is 3.57 Å². The van der Waals surface area contributed by atoms with Gasteiger partial charge in [0.05, 0.1) is 21.0 Å². The van der Waals surface area contributed by atoms with Gasteiger partial charge in [-0.05, 0) is 53.6 Å². The number of halogens is 4. The summed E-state index contributed by atoms with van der Waals surface area (Å²) in [6.45, 7) is 0. The van der Waals surface area contributed by atoms with E-state index in [-0.39, 0.29) is 0 Å². The average molecular weight is 429 g/mol. The number of aromatic nitrogens is 3. The van der Waals surface area contributed by atoms with Gasteiger partial charge in [-0.15, -0.1) is 0 Å². The van der Waals surface area contributed by atoms with E-state index in [0.29, 0.717) is 17.2 Å². The molecule has 0 amide bonds. The minimum atomic E-state index is -4.32. The lowest BCUT2D eigenvalue weighted by molar-refractivity contribution is -0.137. The van der Waals surface area contributed by atoms with Gasteiger partial charge in [-0.2, -0.15) is 18.3 Å². The Kier molecular flexibility index (Phi) is 3.36. The van der Waals surface area contributed by atoms with Crippen LogP contribution >= 0.6 is 22.6 Å². The van der Waals surface area contributed by atoms with Crippen molar-refractivity contribution >= 4 is 28.2 Å². The molecule has 7 heteroatoms. The van der Waals surface area contributed by atoms with Crippen molar-refractivity contribution in [2.24, 2.45) is 0 Å². The predicted octanol–water partition coefficient (Wildman–Crippen LogP) is 4.90. The lowest BCUT2D eigenvalue weighted by atomic mass is 10.1. The predicted molar refractivity (Wildman–Crippen MR) is 88.1 cm³/mol. The Balaban J connectivity index is 1.83. The molecule has 1 aliphatic rings. The minimum Gasteiger partial charge on any atom is -0.227 e. The van der Waals surface area contributed by atoms with Crippen molar-refractivity contribution < 1.29 is 13.2 Å². The molecular formula is C16H11F3IN3. The van der Waals surface area contributed by atoms with Crippen molar-refractivity contribution in [1.82, 2.24) is 14.6 Å². The SMILES string of the molecule is FC(F)(F)c1ccc(-c2cc(C3CC3)n3ncc(I)c3n2)cc1. The Morgan fingerprint density at radius 3 is 2.43 bits per heavy atom. The molecule has 0 atom stereocenters. The Morgan fingerprint density at radius 2 is 1.83 bits per heavy atom. The summed E-state index contributed by atoms with van der Waals surface area (Å²) in [5, 5.41) is 4.36. The maximum Gasteiger partial charge on any atom is 0.416 e. The van der Waals surface area contributed by atoms with Gasteiger partial charge in [0.25, 0.3) is 0 Å². The Labute approximate surface area is 143 Å². The molecule has 1 aliphatic carbocycles. The van der Waals surface area contributed by atoms with Gasteiger partial charge >= 0.3 is 6.18 Å². The van der Waals surface area contributed by atoms with E-state index < -0.39 is 11.7 Å². The molecule has 4 rings (SSSR count). The van der Waals surface area contributed by atoms with E-state index in [9.17, 15) is 13.2 Å². The first-order chi connectivity index (χ1) is 10.9. The van der Waals surface area contributed by atoms with Crippen LogP contribution in [0.25, 0.3) is 16.9 Å². The van der Waals surface area contributed by atoms with E-state index in [2.05, 4.69) is 32.7 Å². The minimum absolute atomic E-state index is 0.462. The summed E-state index contributed by atoms with van der Waals surface area (Å²) in [6.07, 6.45) is -0.342. The van der Waals surface area contributed by atoms with Gasteiger partial charge in [0.1, 0.15) is 0 Å². The van der Waals surface area contributed by atoms with E-state index in [1.807, 2.05) is 10.6 Å². The fourth-order valence-corrected chi connectivity index (χ4v) is 3.08. The average Bonchev–Trinajstić information content (AvgIpc) is 3.30. The van der Waals surface area contributed by atoms with Crippen LogP contribution in [-0.4, -0.2) is 14.6 Å². The van der Waals surface area contributed by atoms with Crippen LogP contribution in [0.3, 0.4) is 0 Å². The first kappa shape index (κ1) is 14.9. The standard InChI is InChI=1S/C16H11F3IN3/c17-16(18,19)11-5-3-9(4-6-11)13-7-14(10-1-2-10)23-15(22-13)12(20)8-21-23/h3-8,10H,1-2H2. The number of fused-ring (bicyclic) bond motifs is 1. The molecule has 1 saturated carbocycles. The molecule has 2 heterocycles. The summed E-state index contributed by atoms with van der Waals surface area (Å²) in [5.41, 5.74) is 2.55. The van der Waals surface area contributed by atoms with Gasteiger partial charge in [0.2, 0.25) is 0 Å². The van der Waals surface area contributed by atoms with E-state index >= 15 is 0 Å². The highest BCUT2D eigenvalue weighted by Crippen LogP contribution is 2.41. The summed E-state index contributed by atoms with van der Waals surface area (Å²) < 4.78 is 40.8. The van der Waals surface area contributed by atoms with E-state index in [1.165, 1.54) is 12.1 Å². The van der Waals surface area contributed by atoms with Crippen LogP contribution < -0.4 is 0 Å². The van der Waals surface area contributed by atoms with Crippen LogP contribution in [-0.2, 0) is 6.18 Å². The molecule has 0 bridgehead atoms. The molecule has 118 valence electrons. The second-order valence-corrected chi connectivity index (χ2v) is 6.81. The van der Waals surface area contributed by atoms with Crippen LogP contribution in [0.15, 0.2) is 36.5 Å². The van der Waals surface area contributed by atoms with Crippen LogP contribution in [0.5, 0.6) is 0 Å². The zero-order valence-electron chi connectivity index (χ0n) is 11.8. The van der Waals surface area contributed by atoms with E-state index in [0.717, 1.165) is 39.9 Å². The van der Waals surface area contributed by atoms with Gasteiger partial charge in [-0.1, -0.05) is 12.1 Å². The van der Waals surface area contributed by atoms with Crippen LogP contribution in [0.1, 0.15) is 30.0 Å². The van der Waals surface area contributed by atoms with Crippen molar-refractivity contribution in [1.29, 1.82) is 0 Å². The number of benzene rings is 1. The number of hydrogen-bond acceptors (Lipinski definition) is 2. The molecule has 3 aromatic rings. The van der Waals surface area contributed by atoms with Gasteiger partial charge in [0.15, 0.2) is 5.65 Å². The Bertz CT molecular complexity index is 880. The number of alkyl halides is 3. The molecule has 0 saturated heterocycles. The molecule has 1 fully saturated rings. The van der Waals surface area contributed by atoms with Crippen molar-refractivity contribution in [3.63, 3.8) is 0 Å². The van der Waals surface area contributed by atoms with Gasteiger partial charge in [0, 0.05) is 17.2 Å². The summed E-state index contributed by atoms with van der Waals surface area (Å²) in [5.74, 6) is 0.462. The number of rotatable bonds is 2. The highest BCUT2D eigenvalue weighted by atomic mass is 127. The third kappa shape index (κ3) is 2.71. The Morgan fingerprint density at radius 1 is 1.13 bits per heavy atom. The lowest BCUT2D eigenvalue weighted by Gasteiger charge is -2.10. The smallest absolute Gasteiger partial charge is 0.227 e. The first-order valence-electron chi connectivity index (χ1n) is 7.15. The molecule has 0 radical (unpaired) electrons. The molecule has 0 aliphatic heterocycles. The number of hydrogen-bond donors (Lipinski definition) is 0. The molecule has 2 aromatic heterocycles. The molecule has 23 heavy (non-hydrogen) atoms. The Hall–Kier alpha value is -1.64. The highest BCUT2D eigenvalue weighted by Gasteiger charge is 2.30. The maximum absolute atomic E-state index is 12.7. The zero-order chi connectivity index (χ0) is 16.2. The highest BCUT2D eigenvalue weighted by molar-refractivity contribution is 14.1. The van der Waals surface area contributed by atoms with Crippen LogP contribution in [0.4, 0.5) is 13.2 Å². The number of nitrogens with zero attached hydrogens (tertiary/aromatic N) is 3. The molecule has 0 N–H and O–H groups in total. The fourth-order valence-electron chi connectivity index (χ4n) is 2.61. The van der Waals surface area contributed by atoms with Gasteiger partial charge < -0.3 is 0 Å². The lowest BCUT2D eigenvalue weighted by Crippen LogP contribution is -2.04. The second kappa shape index (κ2) is 5.19. The van der Waals surface area contributed by atoms with E-state index in [1.54, 1.807) is 6.20 Å². The second-order valence-electron chi connectivity index (χ2n) is 5.64. The maximum atomic E-state index is 12.7. The third-order valence-electron chi connectivity index (χ3n) is 3.96. The zero-order valence-corrected chi connectivity index (χ0v) is 14.0. The van der Waals surface area contributed by atoms with Crippen molar-refractivity contribution in [3.8, 4) is 11.3 Å². The molecule has 1 aromatic carbocycles. The largest absolute Gasteiger partial charge is 0.416 e. The molecule has 0 unspecified atom stereocenters. The fraction of sp³-hybridized carbons (Fsp3) is 0.250. The monoisotopic (exact) mass is 429 g/mol. The molecular weight excluding hydrogens is 418 g/mol. The van der Waals surface area contributed by atoms with Gasteiger partial charge in [-0.25, -0.2) is 9.50 Å². The van der Waals surface area contributed by atoms with Crippen molar-refractivity contribution in [3.05, 3.63) is 51.4 Å². The van der Waals surface area contributed by atoms with Crippen LogP contribution in [0.2, 0.25) is 0 Å². The van der Waals surface area contributed by atoms with Crippen molar-refractivity contribution in [2.45, 2.75) is 24.9 Å². The summed E-state index contributed by atoms with van der Waals surface area (Å²) >= 11 is 2.17. The first-order valence-corrected chi connectivity index (χ1v) is 8.23. The summed E-state index contributed by atoms with van der Waals surface area (Å²) in [7, 11) is 0. The van der Waals surface area contributed by atoms with Crippen molar-refractivity contribution in [2.75, 3.05) is 0 Å². The van der Waals surface area contributed by atoms with Gasteiger partial charge in [-0.3, -0.25) is 0 Å². The summed E-state index contributed by atoms with van der Waals surface area (Å²) in [4.78, 5) is 4.58. The summed E-state index contributed by atoms with van der Waals surface area (Å²) in [6, 6.07) is 7.08. The van der Waals surface area contributed by atoms with E-state index in [4.69, 9.17) is 0 Å². The quantitative estimate of drug-likeness (QED) is 0.543. The topological polar surface area (TPSA) is 30.2 Å². The molecule has 0 spiro atoms. The molecule has 3 nitrogen and oxygen atoms in total.